The molecule has 0 aliphatic carbocycles. The Morgan fingerprint density at radius 2 is 1.91 bits per heavy atom. The summed E-state index contributed by atoms with van der Waals surface area (Å²) in [6, 6.07) is 6.88. The fourth-order valence-corrected chi connectivity index (χ4v) is 5.55. The molecule has 1 aromatic carbocycles. The summed E-state index contributed by atoms with van der Waals surface area (Å²) in [6.07, 6.45) is 2.91. The van der Waals surface area contributed by atoms with E-state index in [-0.39, 0.29) is 35.8 Å². The molecule has 4 heterocycles. The highest BCUT2D eigenvalue weighted by Gasteiger charge is 2.32. The van der Waals surface area contributed by atoms with Gasteiger partial charge in [0.15, 0.2) is 10.8 Å². The first kappa shape index (κ1) is 21.0. The number of hydrogen-bond donors (Lipinski definition) is 1. The van der Waals surface area contributed by atoms with Crippen LogP contribution >= 0.6 is 23.4 Å². The van der Waals surface area contributed by atoms with Crippen LogP contribution in [0.15, 0.2) is 40.4 Å². The van der Waals surface area contributed by atoms with Crippen LogP contribution in [0, 0.1) is 5.92 Å². The fraction of sp³-hybridized carbons (Fsp3) is 0.381. The maximum atomic E-state index is 13.3. The second kappa shape index (κ2) is 8.25. The number of benzene rings is 1. The number of carbonyl (C=O) groups excluding carboxylic acids is 2. The van der Waals surface area contributed by atoms with Crippen LogP contribution in [0.5, 0.6) is 0 Å². The third-order valence-electron chi connectivity index (χ3n) is 6.10. The van der Waals surface area contributed by atoms with E-state index in [4.69, 9.17) is 22.3 Å². The standard InChI is InChI=1S/C21H21ClN6O3S/c22-13-1-3-14(4-2-13)28-19-16(10-24-28)20(31)27-15(11-32-21(27)25-19)9-17(29)26-7-5-12(6-8-26)18(23)30/h1-4,10,12,15H,5-9,11H2,(H2,23,30). The Labute approximate surface area is 192 Å². The van der Waals surface area contributed by atoms with Gasteiger partial charge in [0.25, 0.3) is 5.56 Å². The van der Waals surface area contributed by atoms with E-state index in [0.29, 0.717) is 52.9 Å². The van der Waals surface area contributed by atoms with Crippen molar-refractivity contribution in [3.8, 4) is 5.69 Å². The number of hydrogen-bond acceptors (Lipinski definition) is 6. The van der Waals surface area contributed by atoms with Crippen LogP contribution in [0.25, 0.3) is 16.7 Å². The van der Waals surface area contributed by atoms with Crippen LogP contribution < -0.4 is 11.3 Å². The second-order valence-electron chi connectivity index (χ2n) is 8.07. The van der Waals surface area contributed by atoms with E-state index in [1.807, 2.05) is 12.1 Å². The number of thioether (sulfide) groups is 1. The fourth-order valence-electron chi connectivity index (χ4n) is 4.30. The predicted octanol–water partition coefficient (Wildman–Crippen LogP) is 2.00. The van der Waals surface area contributed by atoms with Crippen molar-refractivity contribution in [3.63, 3.8) is 0 Å². The molecule has 1 unspecified atom stereocenters. The molecule has 1 atom stereocenters. The van der Waals surface area contributed by atoms with Gasteiger partial charge in [-0.2, -0.15) is 5.10 Å². The van der Waals surface area contributed by atoms with Crippen molar-refractivity contribution in [2.24, 2.45) is 11.7 Å². The lowest BCUT2D eigenvalue weighted by Gasteiger charge is -2.31. The Morgan fingerprint density at radius 1 is 1.19 bits per heavy atom. The first-order chi connectivity index (χ1) is 15.4. The normalized spacial score (nSPS) is 18.8. The van der Waals surface area contributed by atoms with Crippen molar-refractivity contribution in [1.82, 2.24) is 24.2 Å². The molecule has 166 valence electrons. The smallest absolute Gasteiger partial charge is 0.265 e. The molecular weight excluding hydrogens is 452 g/mol. The third kappa shape index (κ3) is 3.67. The van der Waals surface area contributed by atoms with Gasteiger partial charge in [-0.05, 0) is 37.1 Å². The van der Waals surface area contributed by atoms with E-state index >= 15 is 0 Å². The van der Waals surface area contributed by atoms with Crippen molar-refractivity contribution in [2.75, 3.05) is 18.8 Å². The van der Waals surface area contributed by atoms with Gasteiger partial charge in [-0.1, -0.05) is 23.4 Å². The third-order valence-corrected chi connectivity index (χ3v) is 7.45. The van der Waals surface area contributed by atoms with Gasteiger partial charge in [0, 0.05) is 36.2 Å². The maximum Gasteiger partial charge on any atom is 0.265 e. The topological polar surface area (TPSA) is 116 Å². The highest BCUT2D eigenvalue weighted by atomic mass is 35.5. The SMILES string of the molecule is NC(=O)C1CCN(C(=O)CC2CSc3nc4c(cnn4-c4ccc(Cl)cc4)c(=O)n32)CC1. The van der Waals surface area contributed by atoms with Crippen molar-refractivity contribution in [1.29, 1.82) is 0 Å². The molecule has 2 amide bonds. The molecule has 0 saturated carbocycles. The summed E-state index contributed by atoms with van der Waals surface area (Å²) < 4.78 is 3.24. The summed E-state index contributed by atoms with van der Waals surface area (Å²) in [5.41, 5.74) is 6.43. The molecule has 0 bridgehead atoms. The number of nitrogens with two attached hydrogens (primary N) is 1. The summed E-state index contributed by atoms with van der Waals surface area (Å²) in [7, 11) is 0. The number of aromatic nitrogens is 4. The van der Waals surface area contributed by atoms with Crippen LogP contribution in [0.1, 0.15) is 25.3 Å². The van der Waals surface area contributed by atoms with E-state index in [2.05, 4.69) is 5.10 Å². The van der Waals surface area contributed by atoms with Gasteiger partial charge in [-0.25, -0.2) is 9.67 Å². The summed E-state index contributed by atoms with van der Waals surface area (Å²) in [4.78, 5) is 43.9. The number of halogens is 1. The van der Waals surface area contributed by atoms with Crippen LogP contribution in [-0.4, -0.2) is 54.9 Å². The van der Waals surface area contributed by atoms with E-state index in [0.717, 1.165) is 5.69 Å². The van der Waals surface area contributed by atoms with Gasteiger partial charge in [0.05, 0.1) is 17.9 Å². The Balaban J connectivity index is 1.39. The summed E-state index contributed by atoms with van der Waals surface area (Å²) >= 11 is 7.44. The summed E-state index contributed by atoms with van der Waals surface area (Å²) in [5, 5.41) is 5.96. The molecule has 5 rings (SSSR count). The lowest BCUT2D eigenvalue weighted by Crippen LogP contribution is -2.42. The van der Waals surface area contributed by atoms with Crippen molar-refractivity contribution < 1.29 is 9.59 Å². The van der Waals surface area contributed by atoms with Crippen molar-refractivity contribution >= 4 is 46.2 Å². The number of carbonyl (C=O) groups is 2. The summed E-state index contributed by atoms with van der Waals surface area (Å²) in [6.45, 7) is 1.03. The van der Waals surface area contributed by atoms with Gasteiger partial charge in [-0.3, -0.25) is 19.0 Å². The number of amides is 2. The lowest BCUT2D eigenvalue weighted by atomic mass is 9.96. The van der Waals surface area contributed by atoms with E-state index in [9.17, 15) is 14.4 Å². The zero-order valence-corrected chi connectivity index (χ0v) is 18.7. The molecule has 2 aliphatic heterocycles. The van der Waals surface area contributed by atoms with Gasteiger partial charge in [-0.15, -0.1) is 0 Å². The van der Waals surface area contributed by atoms with E-state index in [1.54, 1.807) is 26.3 Å². The van der Waals surface area contributed by atoms with Crippen LogP contribution in [0.2, 0.25) is 5.02 Å². The molecule has 11 heteroatoms. The predicted molar refractivity (Wildman–Crippen MR) is 121 cm³/mol. The van der Waals surface area contributed by atoms with Gasteiger partial charge >= 0.3 is 0 Å². The van der Waals surface area contributed by atoms with Crippen LogP contribution in [-0.2, 0) is 9.59 Å². The number of piperidine rings is 1. The molecule has 2 aromatic heterocycles. The van der Waals surface area contributed by atoms with Crippen molar-refractivity contribution in [3.05, 3.63) is 45.8 Å². The van der Waals surface area contributed by atoms with Gasteiger partial charge < -0.3 is 10.6 Å². The average Bonchev–Trinajstić information content (AvgIpc) is 3.39. The molecule has 0 radical (unpaired) electrons. The lowest BCUT2D eigenvalue weighted by molar-refractivity contribution is -0.135. The number of fused-ring (bicyclic) bond motifs is 2. The zero-order chi connectivity index (χ0) is 22.4. The van der Waals surface area contributed by atoms with Crippen molar-refractivity contribution in [2.45, 2.75) is 30.5 Å². The molecule has 2 aliphatic rings. The van der Waals surface area contributed by atoms with E-state index in [1.165, 1.54) is 18.0 Å². The highest BCUT2D eigenvalue weighted by Crippen LogP contribution is 2.34. The molecule has 1 saturated heterocycles. The minimum Gasteiger partial charge on any atom is -0.369 e. The zero-order valence-electron chi connectivity index (χ0n) is 17.1. The van der Waals surface area contributed by atoms with E-state index < -0.39 is 0 Å². The number of primary amides is 1. The number of nitrogens with zero attached hydrogens (tertiary/aromatic N) is 5. The number of likely N-dealkylation sites (tertiary alicyclic amines) is 1. The minimum atomic E-state index is -0.306. The second-order valence-corrected chi connectivity index (χ2v) is 9.49. The molecular formula is C21H21ClN6O3S. The van der Waals surface area contributed by atoms with Crippen LogP contribution in [0.4, 0.5) is 0 Å². The first-order valence-corrected chi connectivity index (χ1v) is 11.7. The Morgan fingerprint density at radius 3 is 2.59 bits per heavy atom. The Hall–Kier alpha value is -2.85. The number of rotatable bonds is 4. The minimum absolute atomic E-state index is 0.0183. The average molecular weight is 473 g/mol. The highest BCUT2D eigenvalue weighted by molar-refractivity contribution is 7.99. The Bertz CT molecular complexity index is 1260. The molecule has 0 spiro atoms. The monoisotopic (exact) mass is 472 g/mol. The Kier molecular flexibility index (Phi) is 5.42. The molecule has 9 nitrogen and oxygen atoms in total. The molecule has 1 fully saturated rings. The molecule has 2 N–H and O–H groups in total. The molecule has 3 aromatic rings. The quantitative estimate of drug-likeness (QED) is 0.580. The van der Waals surface area contributed by atoms with Crippen LogP contribution in [0.3, 0.4) is 0 Å². The maximum absolute atomic E-state index is 13.3. The molecule has 32 heavy (non-hydrogen) atoms. The largest absolute Gasteiger partial charge is 0.369 e. The first-order valence-electron chi connectivity index (χ1n) is 10.4. The summed E-state index contributed by atoms with van der Waals surface area (Å²) in [5.74, 6) is 0.112. The van der Waals surface area contributed by atoms with Gasteiger partial charge in [0.2, 0.25) is 11.8 Å². The van der Waals surface area contributed by atoms with Gasteiger partial charge in [0.1, 0.15) is 5.39 Å².